The maximum atomic E-state index is 13.1. The maximum Gasteiger partial charge on any atom is 0.244 e. The van der Waals surface area contributed by atoms with Gasteiger partial charge in [0.05, 0.1) is 30.7 Å². The van der Waals surface area contributed by atoms with Crippen LogP contribution in [-0.2, 0) is 16.1 Å². The number of aromatic nitrogens is 2. The highest BCUT2D eigenvalue weighted by atomic mass is 19.1. The number of benzene rings is 1. The minimum Gasteiger partial charge on any atom is -0.467 e. The Bertz CT molecular complexity index is 1020. The van der Waals surface area contributed by atoms with Gasteiger partial charge in [-0.2, -0.15) is 5.10 Å². The monoisotopic (exact) mass is 396 g/mol. The van der Waals surface area contributed by atoms with Gasteiger partial charge in [0.25, 0.3) is 0 Å². The molecule has 0 unspecified atom stereocenters. The minimum absolute atomic E-state index is 0.142. The molecule has 0 fully saturated rings. The van der Waals surface area contributed by atoms with E-state index in [1.165, 1.54) is 24.5 Å². The quantitative estimate of drug-likeness (QED) is 0.601. The molecule has 0 saturated carbocycles. The van der Waals surface area contributed by atoms with Gasteiger partial charge in [0, 0.05) is 17.3 Å². The van der Waals surface area contributed by atoms with Gasteiger partial charge in [0.15, 0.2) is 0 Å². The first-order valence-electron chi connectivity index (χ1n) is 9.01. The lowest BCUT2D eigenvalue weighted by Crippen LogP contribution is -2.35. The smallest absolute Gasteiger partial charge is 0.244 e. The molecule has 2 aromatic heterocycles. The predicted octanol–water partition coefficient (Wildman–Crippen LogP) is 2.67. The summed E-state index contributed by atoms with van der Waals surface area (Å²) in [6, 6.07) is 9.48. The highest BCUT2D eigenvalue weighted by molar-refractivity contribution is 5.94. The molecule has 8 heteroatoms. The number of hydrogen-bond acceptors (Lipinski definition) is 4. The molecule has 0 aliphatic rings. The Balaban J connectivity index is 1.57. The molecular formula is C21H21FN4O3. The van der Waals surface area contributed by atoms with E-state index in [-0.39, 0.29) is 24.8 Å². The number of amides is 2. The van der Waals surface area contributed by atoms with Crippen molar-refractivity contribution in [3.8, 4) is 5.69 Å². The van der Waals surface area contributed by atoms with Gasteiger partial charge in [0.1, 0.15) is 11.6 Å². The van der Waals surface area contributed by atoms with Crippen LogP contribution in [0.2, 0.25) is 0 Å². The molecule has 1 aromatic carbocycles. The van der Waals surface area contributed by atoms with E-state index < -0.39 is 5.91 Å². The summed E-state index contributed by atoms with van der Waals surface area (Å²) in [5.41, 5.74) is 3.05. The van der Waals surface area contributed by atoms with E-state index in [2.05, 4.69) is 15.7 Å². The average Bonchev–Trinajstić information content (AvgIpc) is 3.32. The fourth-order valence-corrected chi connectivity index (χ4v) is 2.78. The standard InChI is InChI=1S/C21H21FN4O3/c1-14-19(15(2)26(25-14)17-7-5-16(22)6-8-17)9-10-20(27)24-13-21(28)23-12-18-4-3-11-29-18/h3-11H,12-13H2,1-2H3,(H,23,28)(H,24,27)/b10-9+. The van der Waals surface area contributed by atoms with Crippen molar-refractivity contribution >= 4 is 17.9 Å². The van der Waals surface area contributed by atoms with Crippen molar-refractivity contribution in [2.45, 2.75) is 20.4 Å². The summed E-state index contributed by atoms with van der Waals surface area (Å²) >= 11 is 0. The summed E-state index contributed by atoms with van der Waals surface area (Å²) in [4.78, 5) is 23.8. The Labute approximate surface area is 167 Å². The number of aryl methyl sites for hydroxylation is 1. The molecule has 0 bridgehead atoms. The molecule has 0 saturated heterocycles. The Morgan fingerprint density at radius 1 is 1.17 bits per heavy atom. The lowest BCUT2D eigenvalue weighted by molar-refractivity contribution is -0.124. The zero-order valence-corrected chi connectivity index (χ0v) is 16.1. The van der Waals surface area contributed by atoms with Crippen LogP contribution in [0.5, 0.6) is 0 Å². The number of halogens is 1. The van der Waals surface area contributed by atoms with E-state index in [9.17, 15) is 14.0 Å². The molecule has 2 amide bonds. The molecule has 0 radical (unpaired) electrons. The SMILES string of the molecule is Cc1nn(-c2ccc(F)cc2)c(C)c1/C=C/C(=O)NCC(=O)NCc1ccco1. The van der Waals surface area contributed by atoms with Crippen molar-refractivity contribution < 1.29 is 18.4 Å². The molecule has 3 aromatic rings. The number of carbonyl (C=O) groups excluding carboxylic acids is 2. The molecule has 150 valence electrons. The molecule has 3 rings (SSSR count). The lowest BCUT2D eigenvalue weighted by atomic mass is 10.2. The number of hydrogen-bond donors (Lipinski definition) is 2. The Morgan fingerprint density at radius 2 is 1.93 bits per heavy atom. The first-order chi connectivity index (χ1) is 13.9. The third-order valence-corrected chi connectivity index (χ3v) is 4.28. The highest BCUT2D eigenvalue weighted by Crippen LogP contribution is 2.19. The van der Waals surface area contributed by atoms with E-state index in [0.29, 0.717) is 5.76 Å². The topological polar surface area (TPSA) is 89.2 Å². The Hall–Kier alpha value is -3.68. The fourth-order valence-electron chi connectivity index (χ4n) is 2.78. The van der Waals surface area contributed by atoms with Gasteiger partial charge in [0.2, 0.25) is 11.8 Å². The van der Waals surface area contributed by atoms with E-state index in [1.807, 2.05) is 13.8 Å². The van der Waals surface area contributed by atoms with Crippen LogP contribution in [0.4, 0.5) is 4.39 Å². The Morgan fingerprint density at radius 3 is 2.62 bits per heavy atom. The lowest BCUT2D eigenvalue weighted by Gasteiger charge is -2.04. The van der Waals surface area contributed by atoms with Crippen LogP contribution in [-0.4, -0.2) is 28.1 Å². The van der Waals surface area contributed by atoms with Crippen LogP contribution in [0.1, 0.15) is 22.7 Å². The summed E-state index contributed by atoms with van der Waals surface area (Å²) in [5.74, 6) is -0.403. The van der Waals surface area contributed by atoms with E-state index in [4.69, 9.17) is 4.42 Å². The summed E-state index contributed by atoms with van der Waals surface area (Å²) in [6.07, 6.45) is 4.52. The van der Waals surface area contributed by atoms with Crippen LogP contribution < -0.4 is 10.6 Å². The van der Waals surface area contributed by atoms with Gasteiger partial charge >= 0.3 is 0 Å². The van der Waals surface area contributed by atoms with Gasteiger partial charge in [-0.15, -0.1) is 0 Å². The van der Waals surface area contributed by atoms with Crippen LogP contribution in [0, 0.1) is 19.7 Å². The maximum absolute atomic E-state index is 13.1. The van der Waals surface area contributed by atoms with Crippen molar-refractivity contribution in [3.05, 3.63) is 77.3 Å². The first-order valence-corrected chi connectivity index (χ1v) is 9.01. The van der Waals surface area contributed by atoms with E-state index in [0.717, 1.165) is 22.6 Å². The third kappa shape index (κ3) is 5.19. The molecular weight excluding hydrogens is 375 g/mol. The highest BCUT2D eigenvalue weighted by Gasteiger charge is 2.11. The van der Waals surface area contributed by atoms with E-state index >= 15 is 0 Å². The molecule has 7 nitrogen and oxygen atoms in total. The van der Waals surface area contributed by atoms with Crippen molar-refractivity contribution in [1.82, 2.24) is 20.4 Å². The molecule has 0 aliphatic carbocycles. The fraction of sp³-hybridized carbons (Fsp3) is 0.190. The molecule has 0 spiro atoms. The molecule has 2 N–H and O–H groups in total. The summed E-state index contributed by atoms with van der Waals surface area (Å²) in [7, 11) is 0. The van der Waals surface area contributed by atoms with E-state index in [1.54, 1.807) is 35.0 Å². The second-order valence-electron chi connectivity index (χ2n) is 6.38. The van der Waals surface area contributed by atoms with Crippen molar-refractivity contribution in [2.75, 3.05) is 6.54 Å². The Kier molecular flexibility index (Phi) is 6.23. The minimum atomic E-state index is -0.397. The van der Waals surface area contributed by atoms with Crippen molar-refractivity contribution in [2.24, 2.45) is 0 Å². The number of nitrogens with one attached hydrogen (secondary N) is 2. The third-order valence-electron chi connectivity index (χ3n) is 4.28. The van der Waals surface area contributed by atoms with Crippen molar-refractivity contribution in [1.29, 1.82) is 0 Å². The van der Waals surface area contributed by atoms with Gasteiger partial charge in [-0.3, -0.25) is 9.59 Å². The van der Waals surface area contributed by atoms with Crippen LogP contribution >= 0.6 is 0 Å². The summed E-state index contributed by atoms with van der Waals surface area (Å²) < 4.78 is 19.9. The predicted molar refractivity (Wildman–Crippen MR) is 106 cm³/mol. The largest absolute Gasteiger partial charge is 0.467 e. The number of rotatable bonds is 7. The van der Waals surface area contributed by atoms with Crippen LogP contribution in [0.3, 0.4) is 0 Å². The zero-order chi connectivity index (χ0) is 20.8. The summed E-state index contributed by atoms with van der Waals surface area (Å²) in [5, 5.41) is 9.62. The van der Waals surface area contributed by atoms with Gasteiger partial charge < -0.3 is 15.1 Å². The van der Waals surface area contributed by atoms with Crippen LogP contribution in [0.15, 0.2) is 53.2 Å². The first kappa shape index (κ1) is 20.1. The molecule has 0 aliphatic heterocycles. The van der Waals surface area contributed by atoms with Gasteiger partial charge in [-0.1, -0.05) is 0 Å². The number of carbonyl (C=O) groups is 2. The zero-order valence-electron chi connectivity index (χ0n) is 16.1. The van der Waals surface area contributed by atoms with Gasteiger partial charge in [-0.25, -0.2) is 9.07 Å². The number of furan rings is 1. The summed E-state index contributed by atoms with van der Waals surface area (Å²) in [6.45, 7) is 3.81. The second-order valence-corrected chi connectivity index (χ2v) is 6.38. The van der Waals surface area contributed by atoms with Crippen molar-refractivity contribution in [3.63, 3.8) is 0 Å². The second kappa shape index (κ2) is 9.01. The molecule has 2 heterocycles. The molecule has 0 atom stereocenters. The average molecular weight is 396 g/mol. The van der Waals surface area contributed by atoms with Crippen LogP contribution in [0.25, 0.3) is 11.8 Å². The van der Waals surface area contributed by atoms with Gasteiger partial charge in [-0.05, 0) is 56.3 Å². The number of nitrogens with zero attached hydrogens (tertiary/aromatic N) is 2. The molecule has 29 heavy (non-hydrogen) atoms. The normalized spacial score (nSPS) is 11.0.